The third kappa shape index (κ3) is 14.1. The van der Waals surface area contributed by atoms with E-state index in [1.807, 2.05) is 50.3 Å². The van der Waals surface area contributed by atoms with Gasteiger partial charge in [0.05, 0.1) is 18.7 Å². The Kier molecular flexibility index (Phi) is 19.4. The molecular formula is C38H43FeNO+2. The number of hydrogen-bond acceptors (Lipinski definition) is 2. The third-order valence-corrected chi connectivity index (χ3v) is 7.00. The number of aliphatic hydroxyl groups is 1. The summed E-state index contributed by atoms with van der Waals surface area (Å²) in [5.74, 6) is 11.1. The molecule has 212 valence electrons. The SMILES string of the molecule is C#CCCCCCCC#C[C@@H](CCc1ccccc1)N(C[C]1[CH][CH][CH][CH]1)[C@@H](CO)c1ccccc1.[CH]1[CH][CH][CH][CH]1.[Fe+2]. The fraction of sp³-hybridized carbons (Fsp3) is 0.316. The normalized spacial score (nSPS) is 16.0. The monoisotopic (exact) mass is 585 g/mol. The van der Waals surface area contributed by atoms with Crippen LogP contribution in [0.1, 0.15) is 62.1 Å². The number of rotatable bonds is 14. The third-order valence-electron chi connectivity index (χ3n) is 7.00. The second kappa shape index (κ2) is 22.6. The summed E-state index contributed by atoms with van der Waals surface area (Å²) in [6.07, 6.45) is 32.0. The summed E-state index contributed by atoms with van der Waals surface area (Å²) in [5.41, 5.74) is 2.45. The number of benzene rings is 2. The molecule has 2 aliphatic carbocycles. The molecular weight excluding hydrogens is 542 g/mol. The molecule has 2 saturated carbocycles. The molecule has 0 aliphatic heterocycles. The zero-order valence-corrected chi connectivity index (χ0v) is 25.1. The molecule has 2 aromatic carbocycles. The molecule has 4 rings (SSSR count). The average molecular weight is 586 g/mol. The van der Waals surface area contributed by atoms with Crippen LogP contribution in [0.4, 0.5) is 0 Å². The molecule has 10 radical (unpaired) electrons. The maximum Gasteiger partial charge on any atom is 2.00 e. The number of hydrogen-bond donors (Lipinski definition) is 1. The summed E-state index contributed by atoms with van der Waals surface area (Å²) < 4.78 is 0. The van der Waals surface area contributed by atoms with Crippen LogP contribution in [0.5, 0.6) is 0 Å². The van der Waals surface area contributed by atoms with E-state index in [0.717, 1.165) is 50.6 Å². The van der Waals surface area contributed by atoms with Crippen LogP contribution in [0.2, 0.25) is 0 Å². The molecule has 2 fully saturated rings. The quantitative estimate of drug-likeness (QED) is 0.142. The first kappa shape index (κ1) is 35.2. The first-order valence-electron chi connectivity index (χ1n) is 14.6. The molecule has 41 heavy (non-hydrogen) atoms. The number of nitrogens with zero attached hydrogens (tertiary/aromatic N) is 1. The zero-order valence-electron chi connectivity index (χ0n) is 24.0. The van der Waals surface area contributed by atoms with Crippen molar-refractivity contribution in [2.24, 2.45) is 0 Å². The molecule has 0 spiro atoms. The van der Waals surface area contributed by atoms with Crippen LogP contribution in [-0.4, -0.2) is 29.2 Å². The summed E-state index contributed by atoms with van der Waals surface area (Å²) in [6, 6.07) is 20.9. The van der Waals surface area contributed by atoms with Crippen molar-refractivity contribution in [3.8, 4) is 24.2 Å². The molecule has 0 bridgehead atoms. The molecule has 2 aliphatic rings. The molecule has 2 aromatic rings. The van der Waals surface area contributed by atoms with E-state index in [9.17, 15) is 5.11 Å². The largest absolute Gasteiger partial charge is 2.00 e. The van der Waals surface area contributed by atoms with Crippen molar-refractivity contribution in [2.45, 2.75) is 63.5 Å². The Morgan fingerprint density at radius 2 is 1.32 bits per heavy atom. The van der Waals surface area contributed by atoms with Crippen molar-refractivity contribution in [2.75, 3.05) is 13.2 Å². The second-order valence-electron chi connectivity index (χ2n) is 10.0. The van der Waals surface area contributed by atoms with Gasteiger partial charge in [0.25, 0.3) is 0 Å². The van der Waals surface area contributed by atoms with Crippen LogP contribution in [0.15, 0.2) is 60.7 Å². The predicted octanol–water partition coefficient (Wildman–Crippen LogP) is 7.42. The van der Waals surface area contributed by atoms with Crippen molar-refractivity contribution in [3.05, 3.63) is 135 Å². The summed E-state index contributed by atoms with van der Waals surface area (Å²) in [4.78, 5) is 2.40. The van der Waals surface area contributed by atoms with Gasteiger partial charge in [0.1, 0.15) is 0 Å². The topological polar surface area (TPSA) is 23.5 Å². The van der Waals surface area contributed by atoms with Crippen LogP contribution in [0, 0.1) is 87.9 Å². The van der Waals surface area contributed by atoms with Crippen molar-refractivity contribution in [3.63, 3.8) is 0 Å². The number of terminal acetylenes is 1. The van der Waals surface area contributed by atoms with E-state index in [-0.39, 0.29) is 35.8 Å². The Morgan fingerprint density at radius 3 is 1.90 bits per heavy atom. The summed E-state index contributed by atoms with van der Waals surface area (Å²) >= 11 is 0. The first-order chi connectivity index (χ1) is 19.8. The maximum atomic E-state index is 10.5. The van der Waals surface area contributed by atoms with E-state index in [1.54, 1.807) is 0 Å². The van der Waals surface area contributed by atoms with Gasteiger partial charge in [0, 0.05) is 19.4 Å². The van der Waals surface area contributed by atoms with Gasteiger partial charge in [-0.3, -0.25) is 4.90 Å². The van der Waals surface area contributed by atoms with Gasteiger partial charge in [-0.25, -0.2) is 0 Å². The summed E-state index contributed by atoms with van der Waals surface area (Å²) in [5, 5.41) is 10.5. The molecule has 0 saturated heterocycles. The van der Waals surface area contributed by atoms with Crippen LogP contribution in [0.25, 0.3) is 0 Å². The maximum absolute atomic E-state index is 10.5. The molecule has 2 nitrogen and oxygen atoms in total. The van der Waals surface area contributed by atoms with E-state index in [4.69, 9.17) is 6.42 Å². The standard InChI is InChI=1S/C33H38NO.C5H5.Fe/c1-2-3-4-5-6-7-8-15-24-32(26-25-29-18-11-9-12-19-29)34(27-30-20-16-17-21-30)33(28-35)31-22-13-10-14-23-31;1-2-4-5-3-1;/h1,9-14,16-23,32-33,35H,3-8,25-28H2;1-5H;/q;;+2/t32-,33-;;/m0../s1. The van der Waals surface area contributed by atoms with E-state index in [0.29, 0.717) is 0 Å². The van der Waals surface area contributed by atoms with Crippen molar-refractivity contribution in [1.82, 2.24) is 4.90 Å². The van der Waals surface area contributed by atoms with E-state index in [2.05, 4.69) is 90.8 Å². The first-order valence-corrected chi connectivity index (χ1v) is 14.6. The summed E-state index contributed by atoms with van der Waals surface area (Å²) in [6.45, 7) is 0.816. The van der Waals surface area contributed by atoms with Crippen molar-refractivity contribution in [1.29, 1.82) is 0 Å². The smallest absolute Gasteiger partial charge is 0.394 e. The second-order valence-corrected chi connectivity index (χ2v) is 10.0. The van der Waals surface area contributed by atoms with E-state index in [1.165, 1.54) is 24.3 Å². The van der Waals surface area contributed by atoms with E-state index >= 15 is 0 Å². The van der Waals surface area contributed by atoms with Crippen LogP contribution >= 0.6 is 0 Å². The molecule has 0 aromatic heterocycles. The Bertz CT molecular complexity index is 988. The fourth-order valence-electron chi connectivity index (χ4n) is 4.82. The molecule has 2 atom stereocenters. The number of unbranched alkanes of at least 4 members (excludes halogenated alkanes) is 5. The van der Waals surface area contributed by atoms with Crippen molar-refractivity contribution >= 4 is 0 Å². The van der Waals surface area contributed by atoms with Crippen LogP contribution in [-0.2, 0) is 23.5 Å². The number of aliphatic hydroxyl groups excluding tert-OH is 1. The van der Waals surface area contributed by atoms with Crippen molar-refractivity contribution < 1.29 is 22.2 Å². The molecule has 0 unspecified atom stereocenters. The molecule has 1 N–H and O–H groups in total. The fourth-order valence-corrected chi connectivity index (χ4v) is 4.82. The van der Waals surface area contributed by atoms with Gasteiger partial charge in [-0.15, -0.1) is 18.3 Å². The van der Waals surface area contributed by atoms with Gasteiger partial charge >= 0.3 is 17.1 Å². The van der Waals surface area contributed by atoms with Gasteiger partial charge in [0.15, 0.2) is 0 Å². The Balaban J connectivity index is 0.000000883. The minimum atomic E-state index is -0.107. The summed E-state index contributed by atoms with van der Waals surface area (Å²) in [7, 11) is 0. The zero-order chi connectivity index (χ0) is 28.1. The van der Waals surface area contributed by atoms with Gasteiger partial charge in [0.2, 0.25) is 0 Å². The average Bonchev–Trinajstić information content (AvgIpc) is 3.75. The van der Waals surface area contributed by atoms with E-state index < -0.39 is 0 Å². The minimum absolute atomic E-state index is 0. The Hall–Kier alpha value is -2.00. The molecule has 0 heterocycles. The molecule has 0 amide bonds. The Labute approximate surface area is 262 Å². The van der Waals surface area contributed by atoms with Gasteiger partial charge in [-0.2, -0.15) is 0 Å². The minimum Gasteiger partial charge on any atom is -0.394 e. The van der Waals surface area contributed by atoms with Crippen LogP contribution < -0.4 is 0 Å². The van der Waals surface area contributed by atoms with Gasteiger partial charge in [-0.05, 0) is 101 Å². The Morgan fingerprint density at radius 1 is 0.732 bits per heavy atom. The number of aryl methyl sites for hydroxylation is 1. The predicted molar refractivity (Wildman–Crippen MR) is 168 cm³/mol. The van der Waals surface area contributed by atoms with Gasteiger partial charge in [-0.1, -0.05) is 79.4 Å². The van der Waals surface area contributed by atoms with Crippen LogP contribution in [0.3, 0.4) is 0 Å². The molecule has 3 heteroatoms. The van der Waals surface area contributed by atoms with Gasteiger partial charge < -0.3 is 5.11 Å².